The number of nitro benzene ring substituents is 1. The number of nitro groups is 1. The Bertz CT molecular complexity index is 1090. The average molecular weight is 416 g/mol. The lowest BCUT2D eigenvalue weighted by molar-refractivity contribution is -0.387. The number of hydrogen-bond acceptors (Lipinski definition) is 7. The first-order chi connectivity index (χ1) is 13.8. The molecule has 1 aromatic heterocycles. The summed E-state index contributed by atoms with van der Waals surface area (Å²) in [5, 5.41) is 19.4. The molecule has 10 nitrogen and oxygen atoms in total. The van der Waals surface area contributed by atoms with Crippen LogP contribution in [0.15, 0.2) is 58.8 Å². The lowest BCUT2D eigenvalue weighted by atomic mass is 10.2. The second-order valence-electron chi connectivity index (χ2n) is 5.68. The highest BCUT2D eigenvalue weighted by molar-refractivity contribution is 7.99. The van der Waals surface area contributed by atoms with Gasteiger partial charge in [0.1, 0.15) is 12.1 Å². The first-order valence-electron chi connectivity index (χ1n) is 8.01. The van der Waals surface area contributed by atoms with E-state index >= 15 is 0 Å². The average Bonchev–Trinajstić information content (AvgIpc) is 3.11. The van der Waals surface area contributed by atoms with Crippen LogP contribution in [0.1, 0.15) is 20.7 Å². The van der Waals surface area contributed by atoms with Crippen LogP contribution in [0.4, 0.5) is 10.1 Å². The maximum Gasteiger partial charge on any atom is 0.284 e. The molecule has 0 aliphatic heterocycles. The normalized spacial score (nSPS) is 10.4. The van der Waals surface area contributed by atoms with Gasteiger partial charge < -0.3 is 4.57 Å². The molecular weight excluding hydrogens is 403 g/mol. The van der Waals surface area contributed by atoms with Crippen molar-refractivity contribution in [1.82, 2.24) is 25.6 Å². The van der Waals surface area contributed by atoms with E-state index in [1.165, 1.54) is 30.6 Å². The molecule has 29 heavy (non-hydrogen) atoms. The third-order valence-corrected chi connectivity index (χ3v) is 4.80. The Labute approximate surface area is 167 Å². The van der Waals surface area contributed by atoms with Gasteiger partial charge in [-0.1, -0.05) is 0 Å². The molecule has 2 amide bonds. The van der Waals surface area contributed by atoms with Crippen LogP contribution in [-0.4, -0.2) is 31.5 Å². The number of aromatic nitrogens is 3. The molecule has 0 atom stereocenters. The molecule has 0 saturated heterocycles. The summed E-state index contributed by atoms with van der Waals surface area (Å²) < 4.78 is 14.5. The fraction of sp³-hybridized carbons (Fsp3) is 0.0588. The minimum atomic E-state index is -0.751. The van der Waals surface area contributed by atoms with Gasteiger partial charge >= 0.3 is 0 Å². The van der Waals surface area contributed by atoms with Gasteiger partial charge in [0.15, 0.2) is 5.16 Å². The van der Waals surface area contributed by atoms with Crippen LogP contribution in [0.3, 0.4) is 0 Å². The molecular formula is C17H13FN6O4S. The quantitative estimate of drug-likeness (QED) is 0.481. The van der Waals surface area contributed by atoms with Gasteiger partial charge in [-0.05, 0) is 48.2 Å². The van der Waals surface area contributed by atoms with Crippen molar-refractivity contribution in [1.29, 1.82) is 0 Å². The maximum atomic E-state index is 12.9. The monoisotopic (exact) mass is 416 g/mol. The number of carbonyl (C=O) groups excluding carboxylic acids is 2. The first kappa shape index (κ1) is 19.9. The van der Waals surface area contributed by atoms with Crippen LogP contribution < -0.4 is 10.9 Å². The van der Waals surface area contributed by atoms with E-state index in [0.717, 1.165) is 30.0 Å². The van der Waals surface area contributed by atoms with Crippen molar-refractivity contribution in [3.8, 4) is 0 Å². The van der Waals surface area contributed by atoms with Gasteiger partial charge in [-0.25, -0.2) is 4.39 Å². The fourth-order valence-corrected chi connectivity index (χ4v) is 3.06. The summed E-state index contributed by atoms with van der Waals surface area (Å²) in [5.74, 6) is -1.92. The summed E-state index contributed by atoms with van der Waals surface area (Å²) in [7, 11) is 1.69. The summed E-state index contributed by atoms with van der Waals surface area (Å²) in [5.41, 5.74) is 4.14. The van der Waals surface area contributed by atoms with E-state index in [1.807, 2.05) is 0 Å². The second-order valence-corrected chi connectivity index (χ2v) is 6.69. The number of rotatable bonds is 5. The highest BCUT2D eigenvalue weighted by Gasteiger charge is 2.20. The fourth-order valence-electron chi connectivity index (χ4n) is 2.21. The van der Waals surface area contributed by atoms with Gasteiger partial charge in [-0.15, -0.1) is 10.2 Å². The number of halogens is 1. The molecule has 0 fully saturated rings. The van der Waals surface area contributed by atoms with E-state index < -0.39 is 22.6 Å². The van der Waals surface area contributed by atoms with Crippen LogP contribution in [0.5, 0.6) is 0 Å². The van der Waals surface area contributed by atoms with Crippen molar-refractivity contribution < 1.29 is 18.9 Å². The molecule has 2 N–H and O–H groups in total. The molecule has 3 aromatic rings. The summed E-state index contributed by atoms with van der Waals surface area (Å²) in [6, 6.07) is 8.60. The minimum absolute atomic E-state index is 0.0292. The Morgan fingerprint density at radius 2 is 1.72 bits per heavy atom. The third-order valence-electron chi connectivity index (χ3n) is 3.68. The number of nitrogens with zero attached hydrogens (tertiary/aromatic N) is 4. The standard InChI is InChI=1S/C17H13FN6O4S/c1-23-9-19-22-17(23)29-14-7-4-11(8-13(14)24(27)28)16(26)21-20-15(25)10-2-5-12(18)6-3-10/h2-9H,1H3,(H,20,25)(H,21,26). The number of hydrazine groups is 1. The summed E-state index contributed by atoms with van der Waals surface area (Å²) >= 11 is 1.03. The van der Waals surface area contributed by atoms with E-state index in [-0.39, 0.29) is 21.7 Å². The molecule has 0 spiro atoms. The lowest BCUT2D eigenvalue weighted by Crippen LogP contribution is -2.41. The molecule has 2 aromatic carbocycles. The number of benzene rings is 2. The largest absolute Gasteiger partial charge is 0.311 e. The zero-order valence-corrected chi connectivity index (χ0v) is 15.6. The first-order valence-corrected chi connectivity index (χ1v) is 8.83. The number of aryl methyl sites for hydroxylation is 1. The van der Waals surface area contributed by atoms with Gasteiger partial charge in [-0.3, -0.25) is 30.6 Å². The van der Waals surface area contributed by atoms with E-state index in [9.17, 15) is 24.1 Å². The Morgan fingerprint density at radius 1 is 1.10 bits per heavy atom. The molecule has 0 radical (unpaired) electrons. The summed E-state index contributed by atoms with van der Waals surface area (Å²) in [4.78, 5) is 35.3. The van der Waals surface area contributed by atoms with Gasteiger partial charge in [0, 0.05) is 24.2 Å². The zero-order chi connectivity index (χ0) is 21.0. The highest BCUT2D eigenvalue weighted by atomic mass is 32.2. The third kappa shape index (κ3) is 4.73. The molecule has 0 unspecified atom stereocenters. The minimum Gasteiger partial charge on any atom is -0.311 e. The van der Waals surface area contributed by atoms with E-state index in [0.29, 0.717) is 5.16 Å². The van der Waals surface area contributed by atoms with Crippen LogP contribution >= 0.6 is 11.8 Å². The molecule has 0 aliphatic carbocycles. The second kappa shape index (κ2) is 8.48. The predicted octanol–water partition coefficient (Wildman–Crippen LogP) is 2.09. The Morgan fingerprint density at radius 3 is 2.31 bits per heavy atom. The maximum absolute atomic E-state index is 12.9. The smallest absolute Gasteiger partial charge is 0.284 e. The van der Waals surface area contributed by atoms with Crippen LogP contribution in [0.25, 0.3) is 0 Å². The van der Waals surface area contributed by atoms with Gasteiger partial charge in [-0.2, -0.15) is 0 Å². The van der Waals surface area contributed by atoms with Crippen molar-refractivity contribution in [2.45, 2.75) is 10.1 Å². The van der Waals surface area contributed by atoms with Crippen molar-refractivity contribution in [3.05, 3.63) is 75.9 Å². The predicted molar refractivity (Wildman–Crippen MR) is 99.6 cm³/mol. The molecule has 0 saturated carbocycles. The Kier molecular flexibility index (Phi) is 5.83. The summed E-state index contributed by atoms with van der Waals surface area (Å²) in [6.45, 7) is 0. The molecule has 0 bridgehead atoms. The van der Waals surface area contributed by atoms with Gasteiger partial charge in [0.05, 0.1) is 9.82 Å². The van der Waals surface area contributed by atoms with Gasteiger partial charge in [0.25, 0.3) is 17.5 Å². The molecule has 3 rings (SSSR count). The van der Waals surface area contributed by atoms with Crippen LogP contribution in [0, 0.1) is 15.9 Å². The zero-order valence-electron chi connectivity index (χ0n) is 14.8. The lowest BCUT2D eigenvalue weighted by Gasteiger charge is -2.08. The Balaban J connectivity index is 1.72. The van der Waals surface area contributed by atoms with Crippen molar-refractivity contribution >= 4 is 29.3 Å². The van der Waals surface area contributed by atoms with E-state index in [2.05, 4.69) is 21.0 Å². The SMILES string of the molecule is Cn1cnnc1Sc1ccc(C(=O)NNC(=O)c2ccc(F)cc2)cc1[N+](=O)[O-]. The molecule has 0 aliphatic rings. The topological polar surface area (TPSA) is 132 Å². The van der Waals surface area contributed by atoms with E-state index in [1.54, 1.807) is 11.6 Å². The van der Waals surface area contributed by atoms with Gasteiger partial charge in [0.2, 0.25) is 0 Å². The number of carbonyl (C=O) groups is 2. The number of hydrogen-bond donors (Lipinski definition) is 2. The highest BCUT2D eigenvalue weighted by Crippen LogP contribution is 2.34. The molecule has 12 heteroatoms. The number of nitrogens with one attached hydrogen (secondary N) is 2. The van der Waals surface area contributed by atoms with Crippen molar-refractivity contribution in [3.63, 3.8) is 0 Å². The number of amides is 2. The van der Waals surface area contributed by atoms with Crippen molar-refractivity contribution in [2.75, 3.05) is 0 Å². The summed E-state index contributed by atoms with van der Waals surface area (Å²) in [6.07, 6.45) is 1.46. The van der Waals surface area contributed by atoms with E-state index in [4.69, 9.17) is 0 Å². The molecule has 148 valence electrons. The van der Waals surface area contributed by atoms with Crippen molar-refractivity contribution in [2.24, 2.45) is 7.05 Å². The van der Waals surface area contributed by atoms with Crippen LogP contribution in [0.2, 0.25) is 0 Å². The molecule has 1 heterocycles. The Hall–Kier alpha value is -3.80. The van der Waals surface area contributed by atoms with Crippen LogP contribution in [-0.2, 0) is 7.05 Å².